The van der Waals surface area contributed by atoms with E-state index >= 15 is 0 Å². The number of nitrogens with zero attached hydrogens (tertiary/aromatic N) is 2. The molecule has 2 heterocycles. The number of hydrogen-bond acceptors (Lipinski definition) is 6. The van der Waals surface area contributed by atoms with Crippen molar-refractivity contribution in [3.8, 4) is 0 Å². The predicted octanol–water partition coefficient (Wildman–Crippen LogP) is 0.835. The molecule has 19 heavy (non-hydrogen) atoms. The molecular formula is C10H18N4PtS4. The van der Waals surface area contributed by atoms with Gasteiger partial charge in [0, 0.05) is 26.2 Å². The van der Waals surface area contributed by atoms with E-state index in [1.54, 1.807) is 0 Å². The van der Waals surface area contributed by atoms with Gasteiger partial charge < -0.3 is 60.5 Å². The van der Waals surface area contributed by atoms with E-state index < -0.39 is 0 Å². The first-order valence-electron chi connectivity index (χ1n) is 6.03. The van der Waals surface area contributed by atoms with Crippen LogP contribution in [0.5, 0.6) is 0 Å². The normalized spacial score (nSPS) is 18.9. The van der Waals surface area contributed by atoms with E-state index in [0.717, 1.165) is 26.2 Å². The van der Waals surface area contributed by atoms with E-state index in [1.807, 2.05) is 0 Å². The summed E-state index contributed by atoms with van der Waals surface area (Å²) < 4.78 is 0.911. The molecule has 0 amide bonds. The van der Waals surface area contributed by atoms with E-state index in [2.05, 4.69) is 20.9 Å². The molecule has 0 unspecified atom stereocenters. The van der Waals surface area contributed by atoms with Gasteiger partial charge in [-0.1, -0.05) is 0 Å². The summed E-state index contributed by atoms with van der Waals surface area (Å²) in [6, 6.07) is 0. The van der Waals surface area contributed by atoms with Crippen LogP contribution in [0.3, 0.4) is 0 Å². The van der Waals surface area contributed by atoms with Crippen LogP contribution in [0.2, 0.25) is 0 Å². The maximum absolute atomic E-state index is 4.69. The van der Waals surface area contributed by atoms with Crippen LogP contribution in [0, 0.1) is 0 Å². The average Bonchev–Trinajstić information content (AvgIpc) is 2.90. The molecule has 0 radical (unpaired) electrons. The van der Waals surface area contributed by atoms with E-state index in [4.69, 9.17) is 49.7 Å². The summed E-state index contributed by atoms with van der Waals surface area (Å²) in [7, 11) is 0. The third-order valence-corrected chi connectivity index (χ3v) is 3.08. The number of thiocarbonyl (C=S) groups is 2. The van der Waals surface area contributed by atoms with Crippen molar-refractivity contribution in [1.29, 1.82) is 0 Å². The quantitative estimate of drug-likeness (QED) is 0.412. The maximum Gasteiger partial charge on any atom is 2.00 e. The molecule has 2 fully saturated rings. The van der Waals surface area contributed by atoms with Crippen molar-refractivity contribution in [3.05, 3.63) is 0 Å². The van der Waals surface area contributed by atoms with Gasteiger partial charge in [0.1, 0.15) is 0 Å². The number of nitrogens with one attached hydrogen (secondary N) is 2. The first-order chi connectivity index (χ1) is 8.58. The average molecular weight is 518 g/mol. The van der Waals surface area contributed by atoms with E-state index in [1.165, 1.54) is 25.7 Å². The van der Waals surface area contributed by atoms with Gasteiger partial charge in [-0.2, -0.15) is 0 Å². The minimum Gasteiger partial charge on any atom is -0.410 e. The molecule has 0 aromatic carbocycles. The van der Waals surface area contributed by atoms with Crippen molar-refractivity contribution in [2.45, 2.75) is 25.7 Å². The Balaban J connectivity index is 0.000000324. The molecular weight excluding hydrogens is 499 g/mol. The van der Waals surface area contributed by atoms with Gasteiger partial charge in [-0.3, -0.25) is 0 Å². The van der Waals surface area contributed by atoms with Gasteiger partial charge in [-0.05, 0) is 34.3 Å². The van der Waals surface area contributed by atoms with Crippen molar-refractivity contribution < 1.29 is 21.1 Å². The Kier molecular flexibility index (Phi) is 12.0. The van der Waals surface area contributed by atoms with Crippen LogP contribution in [0.4, 0.5) is 0 Å². The number of hydrazine groups is 2. The van der Waals surface area contributed by atoms with Gasteiger partial charge in [0.2, 0.25) is 0 Å². The van der Waals surface area contributed by atoms with Crippen LogP contribution < -0.4 is 10.9 Å². The van der Waals surface area contributed by atoms with Crippen molar-refractivity contribution in [1.82, 2.24) is 20.9 Å². The first-order valence-corrected chi connectivity index (χ1v) is 7.66. The van der Waals surface area contributed by atoms with Gasteiger partial charge in [-0.15, -0.1) is 0 Å². The molecule has 2 aliphatic heterocycles. The van der Waals surface area contributed by atoms with Crippen molar-refractivity contribution in [3.63, 3.8) is 0 Å². The first kappa shape index (κ1) is 19.8. The standard InChI is InChI=1S/2C5H10N2S2.Pt/c2*8-5(9)6-7-3-1-2-4-7;/h2*1-4H2,(H2,6,8,9);/q;;+2/p-2. The fraction of sp³-hybridized carbons (Fsp3) is 0.800. The third-order valence-electron chi connectivity index (χ3n) is 2.71. The molecule has 4 nitrogen and oxygen atoms in total. The molecule has 2 N–H and O–H groups in total. The zero-order valence-electron chi connectivity index (χ0n) is 10.5. The second-order valence-corrected chi connectivity index (χ2v) is 6.34. The second kappa shape index (κ2) is 11.5. The van der Waals surface area contributed by atoms with Crippen molar-refractivity contribution >= 4 is 58.3 Å². The number of rotatable bonds is 2. The Hall–Kier alpha value is 0.828. The minimum absolute atomic E-state index is 0. The van der Waals surface area contributed by atoms with E-state index in [0.29, 0.717) is 8.64 Å². The van der Waals surface area contributed by atoms with Crippen LogP contribution >= 0.6 is 24.4 Å². The molecule has 0 saturated carbocycles. The van der Waals surface area contributed by atoms with Gasteiger partial charge in [-0.25, -0.2) is 10.0 Å². The smallest absolute Gasteiger partial charge is 0.410 e. The summed E-state index contributed by atoms with van der Waals surface area (Å²) in [5, 5.41) is 4.13. The van der Waals surface area contributed by atoms with Crippen LogP contribution in [0.25, 0.3) is 0 Å². The van der Waals surface area contributed by atoms with Gasteiger partial charge in [0.25, 0.3) is 0 Å². The number of hydrogen-bond donors (Lipinski definition) is 2. The molecule has 0 aromatic heterocycles. The zero-order chi connectivity index (χ0) is 13.4. The Morgan fingerprint density at radius 2 is 1.00 bits per heavy atom. The van der Waals surface area contributed by atoms with Crippen LogP contribution in [-0.4, -0.2) is 44.8 Å². The topological polar surface area (TPSA) is 30.5 Å². The molecule has 0 spiro atoms. The largest absolute Gasteiger partial charge is 2.00 e. The monoisotopic (exact) mass is 517 g/mol. The summed E-state index contributed by atoms with van der Waals surface area (Å²) in [4.78, 5) is 0. The van der Waals surface area contributed by atoms with Gasteiger partial charge in [0.15, 0.2) is 0 Å². The van der Waals surface area contributed by atoms with Crippen LogP contribution in [-0.2, 0) is 46.3 Å². The molecule has 2 aliphatic rings. The van der Waals surface area contributed by atoms with Crippen LogP contribution in [0.1, 0.15) is 25.7 Å². The van der Waals surface area contributed by atoms with Crippen molar-refractivity contribution in [2.24, 2.45) is 0 Å². The Labute approximate surface area is 151 Å². The SMILES string of the molecule is S=C([S-])NN1CCCC1.S=C([S-])NN1CCCC1.[Pt+2]. The summed E-state index contributed by atoms with van der Waals surface area (Å²) in [6.45, 7) is 4.32. The fourth-order valence-corrected chi connectivity index (χ4v) is 2.43. The summed E-state index contributed by atoms with van der Waals surface area (Å²) in [5.41, 5.74) is 5.84. The minimum atomic E-state index is 0. The van der Waals surface area contributed by atoms with Gasteiger partial charge >= 0.3 is 21.1 Å². The Bertz CT molecular complexity index is 253. The van der Waals surface area contributed by atoms with Crippen molar-refractivity contribution in [2.75, 3.05) is 26.2 Å². The molecule has 0 atom stereocenters. The third kappa shape index (κ3) is 10.2. The van der Waals surface area contributed by atoms with E-state index in [-0.39, 0.29) is 21.1 Å². The molecule has 0 aliphatic carbocycles. The molecule has 112 valence electrons. The molecule has 0 aromatic rings. The maximum atomic E-state index is 4.69. The summed E-state index contributed by atoms with van der Waals surface area (Å²) >= 11 is 18.8. The fourth-order valence-electron chi connectivity index (χ4n) is 1.92. The molecule has 9 heteroatoms. The second-order valence-electron chi connectivity index (χ2n) is 4.19. The Morgan fingerprint density at radius 1 is 0.737 bits per heavy atom. The molecule has 2 saturated heterocycles. The summed E-state index contributed by atoms with van der Waals surface area (Å²) in [5.74, 6) is 0. The van der Waals surface area contributed by atoms with Gasteiger partial charge in [0.05, 0.1) is 0 Å². The molecule has 0 bridgehead atoms. The molecule has 2 rings (SSSR count). The Morgan fingerprint density at radius 3 is 1.21 bits per heavy atom. The predicted molar refractivity (Wildman–Crippen MR) is 87.8 cm³/mol. The zero-order valence-corrected chi connectivity index (χ0v) is 16.0. The van der Waals surface area contributed by atoms with Crippen LogP contribution in [0.15, 0.2) is 0 Å². The van der Waals surface area contributed by atoms with E-state index in [9.17, 15) is 0 Å². The summed E-state index contributed by atoms with van der Waals surface area (Å²) in [6.07, 6.45) is 5.02.